The predicted molar refractivity (Wildman–Crippen MR) is 157 cm³/mol. The molecule has 0 aliphatic heterocycles. The van der Waals surface area contributed by atoms with Crippen molar-refractivity contribution in [1.29, 1.82) is 0 Å². The number of unbranched alkanes of at least 4 members (excludes halogenated alkanes) is 8. The minimum atomic E-state index is -5.10. The quantitative estimate of drug-likeness (QED) is 0.0412. The zero-order chi connectivity index (χ0) is 32.3. The van der Waals surface area contributed by atoms with Crippen molar-refractivity contribution in [3.63, 3.8) is 0 Å². The summed E-state index contributed by atoms with van der Waals surface area (Å²) in [7, 11) is -5.10. The average molecular weight is 639 g/mol. The van der Waals surface area contributed by atoms with E-state index in [1.54, 1.807) is 6.08 Å². The first kappa shape index (κ1) is 39.4. The zero-order valence-corrected chi connectivity index (χ0v) is 26.0. The van der Waals surface area contributed by atoms with Crippen molar-refractivity contribution in [2.24, 2.45) is 0 Å². The van der Waals surface area contributed by atoms with Gasteiger partial charge in [-0.15, -0.1) is 6.58 Å². The normalized spacial score (nSPS) is 26.1. The first-order valence-electron chi connectivity index (χ1n) is 15.1. The summed E-state index contributed by atoms with van der Waals surface area (Å²) in [6.07, 6.45) is 2.60. The molecule has 0 amide bonds. The van der Waals surface area contributed by atoms with Gasteiger partial charge in [-0.2, -0.15) is 0 Å². The molecular formula is C29H51O13P. The van der Waals surface area contributed by atoms with Crippen molar-refractivity contribution in [1.82, 2.24) is 0 Å². The summed E-state index contributed by atoms with van der Waals surface area (Å²) in [4.78, 5) is 34.8. The molecule has 250 valence electrons. The second-order valence-electron chi connectivity index (χ2n) is 10.7. The molecule has 0 aromatic heterocycles. The maximum Gasteiger partial charge on any atom is 0.472 e. The molecule has 13 nitrogen and oxygen atoms in total. The number of carbonyl (C=O) groups is 2. The van der Waals surface area contributed by atoms with E-state index >= 15 is 0 Å². The number of hydrogen-bond acceptors (Lipinski definition) is 12. The minimum absolute atomic E-state index is 0.0208. The molecule has 0 spiro atoms. The number of esters is 2. The molecule has 0 bridgehead atoms. The Hall–Kier alpha value is -1.67. The van der Waals surface area contributed by atoms with Crippen LogP contribution in [0.5, 0.6) is 0 Å². The van der Waals surface area contributed by atoms with Crippen LogP contribution in [0, 0.1) is 0 Å². The van der Waals surface area contributed by atoms with Gasteiger partial charge < -0.3 is 39.9 Å². The molecule has 1 aliphatic carbocycles. The van der Waals surface area contributed by atoms with E-state index in [0.717, 1.165) is 25.7 Å². The van der Waals surface area contributed by atoms with Crippen molar-refractivity contribution < 1.29 is 63.1 Å². The van der Waals surface area contributed by atoms with Gasteiger partial charge in [0, 0.05) is 12.8 Å². The third-order valence-electron chi connectivity index (χ3n) is 6.94. The van der Waals surface area contributed by atoms with E-state index in [2.05, 4.69) is 13.5 Å². The fourth-order valence-corrected chi connectivity index (χ4v) is 5.35. The van der Waals surface area contributed by atoms with E-state index in [9.17, 15) is 44.6 Å². The first-order chi connectivity index (χ1) is 20.4. The second kappa shape index (κ2) is 21.9. The number of aliphatic hydroxyl groups is 5. The zero-order valence-electron chi connectivity index (χ0n) is 25.1. The van der Waals surface area contributed by atoms with Crippen molar-refractivity contribution in [3.05, 3.63) is 24.8 Å². The molecule has 8 atom stereocenters. The highest BCUT2D eigenvalue weighted by Crippen LogP contribution is 2.47. The standard InChI is InChI=1S/C29H51O13P/c1-3-5-7-9-11-12-14-15-17-22(30)39-19-21(41-23(31)18-16-13-10-8-6-4-2)20-40-43(37,38)42-29-27(35)25(33)24(32)26(34)28(29)36/h4,8,10,21,24-29,32-36H,2-3,5-7,9,11-20H2,1H3,(H,37,38)/b10-8+/t21-,24?,25-,26+,27-,28-,29?/m1/s1. The molecular weight excluding hydrogens is 587 g/mol. The molecule has 14 heteroatoms. The van der Waals surface area contributed by atoms with E-state index in [1.807, 2.05) is 12.2 Å². The van der Waals surface area contributed by atoms with Crippen LogP contribution in [0.4, 0.5) is 0 Å². The fourth-order valence-electron chi connectivity index (χ4n) is 4.38. The van der Waals surface area contributed by atoms with Gasteiger partial charge in [-0.3, -0.25) is 18.6 Å². The molecule has 1 fully saturated rings. The molecule has 0 aromatic carbocycles. The molecule has 43 heavy (non-hydrogen) atoms. The van der Waals surface area contributed by atoms with Crippen LogP contribution in [0.1, 0.15) is 90.4 Å². The van der Waals surface area contributed by atoms with Gasteiger partial charge in [0.25, 0.3) is 0 Å². The van der Waals surface area contributed by atoms with Gasteiger partial charge in [-0.05, 0) is 25.7 Å². The van der Waals surface area contributed by atoms with Crippen molar-refractivity contribution in [2.45, 2.75) is 133 Å². The maximum absolute atomic E-state index is 12.6. The van der Waals surface area contributed by atoms with Crippen molar-refractivity contribution in [2.75, 3.05) is 13.2 Å². The number of rotatable bonds is 23. The summed E-state index contributed by atoms with van der Waals surface area (Å²) in [6, 6.07) is 0. The van der Waals surface area contributed by atoms with E-state index in [1.165, 1.54) is 19.3 Å². The summed E-state index contributed by atoms with van der Waals surface area (Å²) in [5, 5.41) is 49.5. The predicted octanol–water partition coefficient (Wildman–Crippen LogP) is 2.60. The molecule has 1 rings (SSSR count). The van der Waals surface area contributed by atoms with E-state index < -0.39 is 75.7 Å². The highest BCUT2D eigenvalue weighted by Gasteiger charge is 2.51. The number of allylic oxidation sites excluding steroid dienone is 3. The van der Waals surface area contributed by atoms with Gasteiger partial charge in [0.1, 0.15) is 43.2 Å². The molecule has 0 radical (unpaired) electrons. The highest BCUT2D eigenvalue weighted by molar-refractivity contribution is 7.47. The van der Waals surface area contributed by atoms with Gasteiger partial charge >= 0.3 is 19.8 Å². The van der Waals surface area contributed by atoms with Crippen molar-refractivity contribution >= 4 is 19.8 Å². The largest absolute Gasteiger partial charge is 0.472 e. The van der Waals surface area contributed by atoms with Gasteiger partial charge in [0.2, 0.25) is 0 Å². The van der Waals surface area contributed by atoms with Crippen LogP contribution in [-0.2, 0) is 32.7 Å². The number of aliphatic hydroxyl groups excluding tert-OH is 5. The van der Waals surface area contributed by atoms with E-state index in [0.29, 0.717) is 25.7 Å². The Balaban J connectivity index is 2.66. The number of hydrogen-bond donors (Lipinski definition) is 6. The second-order valence-corrected chi connectivity index (χ2v) is 12.1. The summed E-state index contributed by atoms with van der Waals surface area (Å²) in [5.41, 5.74) is 0. The Labute approximate surface area is 254 Å². The van der Waals surface area contributed by atoms with Crippen LogP contribution in [-0.4, -0.2) is 98.3 Å². The minimum Gasteiger partial charge on any atom is -0.462 e. The Morgan fingerprint density at radius 3 is 1.95 bits per heavy atom. The van der Waals surface area contributed by atoms with E-state index in [4.69, 9.17) is 18.5 Å². The van der Waals surface area contributed by atoms with Crippen LogP contribution in [0.3, 0.4) is 0 Å². The number of carbonyl (C=O) groups excluding carboxylic acids is 2. The lowest BCUT2D eigenvalue weighted by Gasteiger charge is -2.41. The van der Waals surface area contributed by atoms with Crippen LogP contribution < -0.4 is 0 Å². The molecule has 1 saturated carbocycles. The highest BCUT2D eigenvalue weighted by atomic mass is 31.2. The van der Waals surface area contributed by atoms with E-state index in [-0.39, 0.29) is 12.8 Å². The number of phosphoric ester groups is 1. The van der Waals surface area contributed by atoms with Crippen LogP contribution in [0.2, 0.25) is 0 Å². The molecule has 6 N–H and O–H groups in total. The third kappa shape index (κ3) is 16.3. The SMILES string of the molecule is C=CC/C=C/CCCC(=O)O[C@H](COC(=O)CCCCCCCCCC)COP(=O)(O)OC1[C@H](O)[C@H](O)C(O)[C@H](O)[C@H]1O. The molecule has 0 aromatic rings. The topological polar surface area (TPSA) is 210 Å². The maximum atomic E-state index is 12.6. The summed E-state index contributed by atoms with van der Waals surface area (Å²) < 4.78 is 32.8. The summed E-state index contributed by atoms with van der Waals surface area (Å²) in [5.74, 6) is -1.19. The Morgan fingerprint density at radius 2 is 1.35 bits per heavy atom. The number of phosphoric acid groups is 1. The first-order valence-corrected chi connectivity index (χ1v) is 16.6. The third-order valence-corrected chi connectivity index (χ3v) is 7.92. The monoisotopic (exact) mass is 638 g/mol. The van der Waals surface area contributed by atoms with Gasteiger partial charge in [0.05, 0.1) is 6.61 Å². The van der Waals surface area contributed by atoms with Gasteiger partial charge in [0.15, 0.2) is 6.10 Å². The van der Waals surface area contributed by atoms with Crippen LogP contribution in [0.25, 0.3) is 0 Å². The van der Waals surface area contributed by atoms with Crippen LogP contribution >= 0.6 is 7.82 Å². The summed E-state index contributed by atoms with van der Waals surface area (Å²) in [6.45, 7) is 4.56. The molecule has 1 aliphatic rings. The molecule has 0 heterocycles. The Kier molecular flexibility index (Phi) is 20.1. The lowest BCUT2D eigenvalue weighted by Crippen LogP contribution is -2.64. The van der Waals surface area contributed by atoms with Crippen molar-refractivity contribution in [3.8, 4) is 0 Å². The number of ether oxygens (including phenoxy) is 2. The Morgan fingerprint density at radius 1 is 0.791 bits per heavy atom. The smallest absolute Gasteiger partial charge is 0.462 e. The van der Waals surface area contributed by atoms with Crippen LogP contribution in [0.15, 0.2) is 24.8 Å². The fraction of sp³-hybridized carbons (Fsp3) is 0.793. The van der Waals surface area contributed by atoms with Gasteiger partial charge in [-0.1, -0.05) is 70.1 Å². The lowest BCUT2D eigenvalue weighted by molar-refractivity contribution is -0.220. The van der Waals surface area contributed by atoms with Gasteiger partial charge in [-0.25, -0.2) is 4.57 Å². The molecule has 3 unspecified atom stereocenters. The summed E-state index contributed by atoms with van der Waals surface area (Å²) >= 11 is 0. The molecule has 0 saturated heterocycles. The average Bonchev–Trinajstić information content (AvgIpc) is 2.97. The lowest BCUT2D eigenvalue weighted by atomic mass is 9.85. The Bertz CT molecular complexity index is 866.